The van der Waals surface area contributed by atoms with Crippen LogP contribution in [0.1, 0.15) is 0 Å². The van der Waals surface area contributed by atoms with Crippen LogP contribution < -0.4 is 0 Å². The van der Waals surface area contributed by atoms with E-state index in [2.05, 4.69) is 6.07 Å². The van der Waals surface area contributed by atoms with Gasteiger partial charge in [0.05, 0.1) is 0 Å². The van der Waals surface area contributed by atoms with Crippen LogP contribution in [0, 0.1) is 17.7 Å². The maximum Gasteiger partial charge on any atom is 0.135 e. The highest BCUT2D eigenvalue weighted by Crippen LogP contribution is 2.25. The van der Waals surface area contributed by atoms with Gasteiger partial charge in [-0.2, -0.15) is 0 Å². The summed E-state index contributed by atoms with van der Waals surface area (Å²) in [7, 11) is 0. The van der Waals surface area contributed by atoms with Crippen molar-refractivity contribution in [2.45, 2.75) is 0 Å². The van der Waals surface area contributed by atoms with E-state index in [9.17, 15) is 8.78 Å². The lowest BCUT2D eigenvalue weighted by Gasteiger charge is -2.03. The predicted molar refractivity (Wildman–Crippen MR) is 52.3 cm³/mol. The third-order valence-electron chi connectivity index (χ3n) is 1.99. The first-order chi connectivity index (χ1) is 7.16. The Balaban J connectivity index is 2.54. The zero-order chi connectivity index (χ0) is 10.8. The van der Waals surface area contributed by atoms with Gasteiger partial charge in [0.2, 0.25) is 0 Å². The van der Waals surface area contributed by atoms with Gasteiger partial charge in [-0.15, -0.1) is 0 Å². The minimum Gasteiger partial charge on any atom is -0.508 e. The molecule has 1 nitrogen and oxygen atoms in total. The second kappa shape index (κ2) is 3.69. The van der Waals surface area contributed by atoms with Crippen LogP contribution in [0.5, 0.6) is 5.75 Å². The molecule has 0 saturated carbocycles. The molecule has 0 aromatic heterocycles. The molecule has 75 valence electrons. The minimum atomic E-state index is -0.624. The summed E-state index contributed by atoms with van der Waals surface area (Å²) >= 11 is 0. The number of phenolic OH excluding ortho intramolecular Hbond substituents is 1. The van der Waals surface area contributed by atoms with Gasteiger partial charge in [-0.05, 0) is 29.8 Å². The number of benzene rings is 2. The van der Waals surface area contributed by atoms with Crippen molar-refractivity contribution < 1.29 is 13.9 Å². The summed E-state index contributed by atoms with van der Waals surface area (Å²) in [6.07, 6.45) is 0. The van der Waals surface area contributed by atoms with Gasteiger partial charge < -0.3 is 5.11 Å². The van der Waals surface area contributed by atoms with E-state index >= 15 is 0 Å². The monoisotopic (exact) mass is 205 g/mol. The first-order valence-corrected chi connectivity index (χ1v) is 4.33. The summed E-state index contributed by atoms with van der Waals surface area (Å²) < 4.78 is 26.2. The van der Waals surface area contributed by atoms with Crippen molar-refractivity contribution in [3.8, 4) is 16.9 Å². The second-order valence-electron chi connectivity index (χ2n) is 3.09. The van der Waals surface area contributed by atoms with Gasteiger partial charge >= 0.3 is 0 Å². The Labute approximate surface area is 85.6 Å². The van der Waals surface area contributed by atoms with Crippen LogP contribution in [0.3, 0.4) is 0 Å². The van der Waals surface area contributed by atoms with Crippen LogP contribution in [0.2, 0.25) is 0 Å². The summed E-state index contributed by atoms with van der Waals surface area (Å²) in [5.41, 5.74) is 0.541. The van der Waals surface area contributed by atoms with Crippen molar-refractivity contribution in [2.24, 2.45) is 0 Å². The second-order valence-corrected chi connectivity index (χ2v) is 3.09. The van der Waals surface area contributed by atoms with Crippen LogP contribution in [0.15, 0.2) is 36.4 Å². The lowest BCUT2D eigenvalue weighted by molar-refractivity contribution is 0.469. The van der Waals surface area contributed by atoms with E-state index in [1.54, 1.807) is 6.07 Å². The van der Waals surface area contributed by atoms with Crippen LogP contribution in [0.4, 0.5) is 8.78 Å². The van der Waals surface area contributed by atoms with Gasteiger partial charge in [-0.25, -0.2) is 8.78 Å². The third-order valence-corrected chi connectivity index (χ3v) is 1.99. The molecule has 3 heteroatoms. The molecule has 1 radical (unpaired) electrons. The predicted octanol–water partition coefficient (Wildman–Crippen LogP) is 3.14. The third kappa shape index (κ3) is 1.96. The molecular formula is C12H7F2O. The molecule has 0 heterocycles. The van der Waals surface area contributed by atoms with Gasteiger partial charge in [-0.1, -0.05) is 12.1 Å². The molecule has 0 fully saturated rings. The topological polar surface area (TPSA) is 20.2 Å². The van der Waals surface area contributed by atoms with E-state index in [1.807, 2.05) is 0 Å². The zero-order valence-electron chi connectivity index (χ0n) is 7.67. The van der Waals surface area contributed by atoms with Crippen molar-refractivity contribution in [3.05, 3.63) is 54.1 Å². The molecule has 2 aromatic rings. The summed E-state index contributed by atoms with van der Waals surface area (Å²) in [4.78, 5) is 0. The average molecular weight is 205 g/mol. The molecule has 1 N–H and O–H groups in total. The Morgan fingerprint density at radius 2 is 1.93 bits per heavy atom. The summed E-state index contributed by atoms with van der Waals surface area (Å²) in [6.45, 7) is 0. The smallest absolute Gasteiger partial charge is 0.135 e. The van der Waals surface area contributed by atoms with Crippen LogP contribution in [-0.2, 0) is 0 Å². The Kier molecular flexibility index (Phi) is 2.37. The molecule has 0 aliphatic heterocycles. The molecule has 0 bridgehead atoms. The van der Waals surface area contributed by atoms with E-state index in [-0.39, 0.29) is 11.3 Å². The van der Waals surface area contributed by atoms with Crippen molar-refractivity contribution >= 4 is 0 Å². The standard InChI is InChI=1S/C12H7F2O/c13-9-3-1-2-8(6-9)11-5-4-10(15)7-12(11)14/h1-4,6-7,15H. The highest BCUT2D eigenvalue weighted by Gasteiger charge is 2.06. The average Bonchev–Trinajstić information content (AvgIpc) is 2.17. The number of halogens is 2. The molecule has 0 spiro atoms. The summed E-state index contributed by atoms with van der Waals surface area (Å²) in [6, 6.07) is 10.3. The van der Waals surface area contributed by atoms with Gasteiger partial charge in [0.15, 0.2) is 0 Å². The highest BCUT2D eigenvalue weighted by atomic mass is 19.1. The Morgan fingerprint density at radius 1 is 1.13 bits per heavy atom. The molecule has 2 rings (SSSR count). The molecule has 0 saturated heterocycles. The lowest BCUT2D eigenvalue weighted by Crippen LogP contribution is -1.85. The minimum absolute atomic E-state index is 0.146. The van der Waals surface area contributed by atoms with E-state index in [1.165, 1.54) is 24.3 Å². The number of rotatable bonds is 1. The van der Waals surface area contributed by atoms with Crippen molar-refractivity contribution in [1.29, 1.82) is 0 Å². The number of hydrogen-bond acceptors (Lipinski definition) is 1. The van der Waals surface area contributed by atoms with Gasteiger partial charge in [0, 0.05) is 11.6 Å². The molecule has 0 atom stereocenters. The van der Waals surface area contributed by atoms with Gasteiger partial charge in [0.1, 0.15) is 17.4 Å². The fraction of sp³-hybridized carbons (Fsp3) is 0. The summed E-state index contributed by atoms with van der Waals surface area (Å²) in [5, 5.41) is 8.99. The molecule has 0 amide bonds. The van der Waals surface area contributed by atoms with Crippen molar-refractivity contribution in [3.63, 3.8) is 0 Å². The molecule has 0 aliphatic rings. The molecule has 0 unspecified atom stereocenters. The Bertz CT molecular complexity index is 495. The number of aromatic hydroxyl groups is 1. The molecule has 2 aromatic carbocycles. The van der Waals surface area contributed by atoms with E-state index in [0.717, 1.165) is 6.07 Å². The quantitative estimate of drug-likeness (QED) is 0.758. The van der Waals surface area contributed by atoms with Crippen molar-refractivity contribution in [1.82, 2.24) is 0 Å². The molecule has 0 aliphatic carbocycles. The normalized spacial score (nSPS) is 10.3. The Morgan fingerprint density at radius 3 is 2.60 bits per heavy atom. The van der Waals surface area contributed by atoms with Crippen LogP contribution in [-0.4, -0.2) is 5.11 Å². The van der Waals surface area contributed by atoms with E-state index in [0.29, 0.717) is 5.56 Å². The lowest BCUT2D eigenvalue weighted by atomic mass is 10.1. The van der Waals surface area contributed by atoms with Crippen molar-refractivity contribution in [2.75, 3.05) is 0 Å². The SMILES string of the molecule is Oc1c[c]c(-c2cccc(F)c2)c(F)c1. The number of phenols is 1. The van der Waals surface area contributed by atoms with E-state index in [4.69, 9.17) is 5.11 Å². The van der Waals surface area contributed by atoms with Gasteiger partial charge in [-0.3, -0.25) is 0 Å². The first kappa shape index (κ1) is 9.65. The fourth-order valence-electron chi connectivity index (χ4n) is 1.32. The van der Waals surface area contributed by atoms with Gasteiger partial charge in [0.25, 0.3) is 0 Å². The maximum atomic E-state index is 13.4. The Hall–Kier alpha value is -1.90. The zero-order valence-corrected chi connectivity index (χ0v) is 7.67. The number of hydrogen-bond donors (Lipinski definition) is 1. The van der Waals surface area contributed by atoms with E-state index < -0.39 is 11.6 Å². The molecular weight excluding hydrogens is 198 g/mol. The largest absolute Gasteiger partial charge is 0.508 e. The summed E-state index contributed by atoms with van der Waals surface area (Å²) in [5.74, 6) is -1.26. The first-order valence-electron chi connectivity index (χ1n) is 4.33. The highest BCUT2D eigenvalue weighted by molar-refractivity contribution is 5.64. The molecule has 15 heavy (non-hydrogen) atoms. The van der Waals surface area contributed by atoms with Crippen LogP contribution >= 0.6 is 0 Å². The fourth-order valence-corrected chi connectivity index (χ4v) is 1.32. The maximum absolute atomic E-state index is 13.4. The van der Waals surface area contributed by atoms with Crippen LogP contribution in [0.25, 0.3) is 11.1 Å².